The van der Waals surface area contributed by atoms with E-state index in [2.05, 4.69) is 52.4 Å². The predicted molar refractivity (Wildman–Crippen MR) is 125 cm³/mol. The van der Waals surface area contributed by atoms with Crippen LogP contribution in [0.4, 0.5) is 0 Å². The predicted octanol–water partition coefficient (Wildman–Crippen LogP) is 3.48. The van der Waals surface area contributed by atoms with Crippen molar-refractivity contribution in [2.45, 2.75) is 44.7 Å². The van der Waals surface area contributed by atoms with Crippen LogP contribution < -0.4 is 5.32 Å². The number of piperidine rings is 1. The zero-order valence-electron chi connectivity index (χ0n) is 16.8. The molecule has 2 saturated heterocycles. The molecule has 2 heterocycles. The van der Waals surface area contributed by atoms with Gasteiger partial charge in [-0.1, -0.05) is 37.3 Å². The molecule has 2 fully saturated rings. The summed E-state index contributed by atoms with van der Waals surface area (Å²) in [7, 11) is 0. The Morgan fingerprint density at radius 3 is 2.43 bits per heavy atom. The van der Waals surface area contributed by atoms with E-state index >= 15 is 0 Å². The number of benzene rings is 1. The van der Waals surface area contributed by atoms with Gasteiger partial charge in [0.2, 0.25) is 5.91 Å². The van der Waals surface area contributed by atoms with Crippen molar-refractivity contribution >= 4 is 42.5 Å². The first-order chi connectivity index (χ1) is 12.8. The fourth-order valence-electron chi connectivity index (χ4n) is 4.17. The molecular weight excluding hydrogens is 413 g/mol. The number of thioether (sulfide) groups is 1. The van der Waals surface area contributed by atoms with Crippen molar-refractivity contribution < 1.29 is 4.79 Å². The third-order valence-corrected chi connectivity index (χ3v) is 6.48. The second-order valence-electron chi connectivity index (χ2n) is 7.36. The molecule has 0 saturated carbocycles. The topological polar surface area (TPSA) is 35.6 Å². The van der Waals surface area contributed by atoms with Crippen LogP contribution in [0.15, 0.2) is 30.3 Å². The van der Waals surface area contributed by atoms with Gasteiger partial charge < -0.3 is 10.2 Å². The minimum Gasteiger partial charge on any atom is -0.340 e. The number of carbonyl (C=O) groups excluding carboxylic acids is 1. The number of hydrogen-bond acceptors (Lipinski definition) is 4. The van der Waals surface area contributed by atoms with Crippen molar-refractivity contribution in [3.63, 3.8) is 0 Å². The Labute approximate surface area is 187 Å². The van der Waals surface area contributed by atoms with Gasteiger partial charge in [-0.2, -0.15) is 11.8 Å². The number of rotatable bonds is 7. The zero-order valence-corrected chi connectivity index (χ0v) is 19.3. The van der Waals surface area contributed by atoms with Gasteiger partial charge in [-0.3, -0.25) is 9.69 Å². The number of hydrogen-bond donors (Lipinski definition) is 1. The molecule has 0 unspecified atom stereocenters. The van der Waals surface area contributed by atoms with Crippen LogP contribution in [0.25, 0.3) is 0 Å². The van der Waals surface area contributed by atoms with Crippen LogP contribution in [-0.4, -0.2) is 72.0 Å². The molecule has 1 aromatic rings. The number of halogens is 2. The average Bonchev–Trinajstić information content (AvgIpc) is 2.72. The van der Waals surface area contributed by atoms with Gasteiger partial charge in [-0.15, -0.1) is 24.8 Å². The van der Waals surface area contributed by atoms with Gasteiger partial charge in [0.1, 0.15) is 0 Å². The maximum Gasteiger partial charge on any atom is 0.240 e. The van der Waals surface area contributed by atoms with Crippen LogP contribution in [0, 0.1) is 0 Å². The zero-order chi connectivity index (χ0) is 18.2. The largest absolute Gasteiger partial charge is 0.340 e. The van der Waals surface area contributed by atoms with Crippen LogP contribution in [0.1, 0.15) is 31.7 Å². The molecule has 2 aliphatic heterocycles. The number of nitrogens with one attached hydrogen (secondary N) is 1. The molecule has 160 valence electrons. The molecule has 1 atom stereocenters. The first kappa shape index (κ1) is 25.6. The molecule has 0 radical (unpaired) electrons. The van der Waals surface area contributed by atoms with E-state index in [9.17, 15) is 4.79 Å². The molecule has 1 N–H and O–H groups in total. The normalized spacial score (nSPS) is 18.9. The van der Waals surface area contributed by atoms with Crippen LogP contribution >= 0.6 is 36.6 Å². The third kappa shape index (κ3) is 7.10. The standard InChI is InChI=1S/C21H33N3OS.2ClH/c1-2-12-24(19-8-10-22-11-9-19)20(17-18-6-4-3-5-7-18)21(25)23-13-15-26-16-14-23;;/h3-7,19-20,22H,2,8-17H2,1H3;2*1H/t20-;;/m0../s1. The smallest absolute Gasteiger partial charge is 0.240 e. The summed E-state index contributed by atoms with van der Waals surface area (Å²) in [6.07, 6.45) is 4.22. The molecule has 7 heteroatoms. The molecule has 0 bridgehead atoms. The SMILES string of the molecule is CCCN(C1CCNCC1)[C@@H](Cc1ccccc1)C(=O)N1CCSCC1.Cl.Cl. The van der Waals surface area contributed by atoms with E-state index in [0.29, 0.717) is 11.9 Å². The van der Waals surface area contributed by atoms with Gasteiger partial charge in [0, 0.05) is 30.6 Å². The third-order valence-electron chi connectivity index (χ3n) is 5.54. The second kappa shape index (κ2) is 13.7. The highest BCUT2D eigenvalue weighted by Gasteiger charge is 2.34. The molecular formula is C21H35Cl2N3OS. The summed E-state index contributed by atoms with van der Waals surface area (Å²) in [5.41, 5.74) is 1.27. The lowest BCUT2D eigenvalue weighted by Crippen LogP contribution is -2.56. The van der Waals surface area contributed by atoms with Crippen LogP contribution in [0.5, 0.6) is 0 Å². The van der Waals surface area contributed by atoms with E-state index in [4.69, 9.17) is 0 Å². The molecule has 1 amide bonds. The van der Waals surface area contributed by atoms with E-state index in [-0.39, 0.29) is 30.9 Å². The van der Waals surface area contributed by atoms with Crippen LogP contribution in [-0.2, 0) is 11.2 Å². The Kier molecular flexibility index (Phi) is 12.5. The van der Waals surface area contributed by atoms with Crippen LogP contribution in [0.3, 0.4) is 0 Å². The summed E-state index contributed by atoms with van der Waals surface area (Å²) >= 11 is 1.96. The molecule has 28 heavy (non-hydrogen) atoms. The number of nitrogens with zero attached hydrogens (tertiary/aromatic N) is 2. The Morgan fingerprint density at radius 1 is 1.18 bits per heavy atom. The quantitative estimate of drug-likeness (QED) is 0.693. The van der Waals surface area contributed by atoms with E-state index in [1.54, 1.807) is 0 Å². The molecule has 0 aliphatic carbocycles. The molecule has 4 nitrogen and oxygen atoms in total. The fraction of sp³-hybridized carbons (Fsp3) is 0.667. The summed E-state index contributed by atoms with van der Waals surface area (Å²) in [5.74, 6) is 2.50. The van der Waals surface area contributed by atoms with Gasteiger partial charge in [0.15, 0.2) is 0 Å². The van der Waals surface area contributed by atoms with E-state index in [0.717, 1.165) is 69.9 Å². The molecule has 1 aromatic carbocycles. The van der Waals surface area contributed by atoms with Gasteiger partial charge in [0.05, 0.1) is 6.04 Å². The van der Waals surface area contributed by atoms with Crippen molar-refractivity contribution in [3.05, 3.63) is 35.9 Å². The minimum absolute atomic E-state index is 0. The first-order valence-electron chi connectivity index (χ1n) is 10.2. The molecule has 0 aromatic heterocycles. The maximum absolute atomic E-state index is 13.5. The minimum atomic E-state index is -0.0245. The van der Waals surface area contributed by atoms with E-state index in [1.165, 1.54) is 5.56 Å². The second-order valence-corrected chi connectivity index (χ2v) is 8.59. The number of amides is 1. The summed E-state index contributed by atoms with van der Waals surface area (Å²) < 4.78 is 0. The fourth-order valence-corrected chi connectivity index (χ4v) is 5.07. The van der Waals surface area contributed by atoms with Gasteiger partial charge in [-0.05, 0) is 50.9 Å². The monoisotopic (exact) mass is 447 g/mol. The van der Waals surface area contributed by atoms with Gasteiger partial charge in [0.25, 0.3) is 0 Å². The molecule has 3 rings (SSSR count). The van der Waals surface area contributed by atoms with E-state index < -0.39 is 0 Å². The van der Waals surface area contributed by atoms with Crippen LogP contribution in [0.2, 0.25) is 0 Å². The Bertz CT molecular complexity index is 552. The maximum atomic E-state index is 13.5. The highest BCUT2D eigenvalue weighted by atomic mass is 35.5. The van der Waals surface area contributed by atoms with Crippen molar-refractivity contribution in [1.82, 2.24) is 15.1 Å². The van der Waals surface area contributed by atoms with Crippen molar-refractivity contribution in [2.24, 2.45) is 0 Å². The lowest BCUT2D eigenvalue weighted by atomic mass is 9.97. The Balaban J connectivity index is 0.00000196. The highest BCUT2D eigenvalue weighted by molar-refractivity contribution is 7.99. The molecule has 2 aliphatic rings. The lowest BCUT2D eigenvalue weighted by Gasteiger charge is -2.41. The van der Waals surface area contributed by atoms with E-state index in [1.807, 2.05) is 11.8 Å². The average molecular weight is 449 g/mol. The summed E-state index contributed by atoms with van der Waals surface area (Å²) in [5, 5.41) is 3.47. The summed E-state index contributed by atoms with van der Waals surface area (Å²) in [6.45, 7) is 7.18. The highest BCUT2D eigenvalue weighted by Crippen LogP contribution is 2.22. The van der Waals surface area contributed by atoms with Crippen molar-refractivity contribution in [2.75, 3.05) is 44.2 Å². The molecule has 0 spiro atoms. The van der Waals surface area contributed by atoms with Crippen molar-refractivity contribution in [3.8, 4) is 0 Å². The number of carbonyl (C=O) groups is 1. The van der Waals surface area contributed by atoms with Crippen molar-refractivity contribution in [1.29, 1.82) is 0 Å². The first-order valence-corrected chi connectivity index (χ1v) is 11.3. The van der Waals surface area contributed by atoms with Gasteiger partial charge >= 0.3 is 0 Å². The Hall–Kier alpha value is -0.460. The lowest BCUT2D eigenvalue weighted by molar-refractivity contribution is -0.138. The van der Waals surface area contributed by atoms with Gasteiger partial charge in [-0.25, -0.2) is 0 Å². The Morgan fingerprint density at radius 2 is 1.82 bits per heavy atom. The summed E-state index contributed by atoms with van der Waals surface area (Å²) in [4.78, 5) is 18.2. The summed E-state index contributed by atoms with van der Waals surface area (Å²) in [6, 6.07) is 11.1.